The number of hydrogen-bond donors (Lipinski definition) is 1. The second-order valence-corrected chi connectivity index (χ2v) is 8.23. The molecular weight excluding hydrogens is 369 g/mol. The Labute approximate surface area is 166 Å². The van der Waals surface area contributed by atoms with Crippen LogP contribution >= 0.6 is 11.8 Å². The van der Waals surface area contributed by atoms with Crippen molar-refractivity contribution in [2.75, 3.05) is 33.2 Å². The van der Waals surface area contributed by atoms with Crippen LogP contribution in [0.2, 0.25) is 0 Å². The summed E-state index contributed by atoms with van der Waals surface area (Å²) in [6.45, 7) is 5.66. The number of thioether (sulfide) groups is 1. The van der Waals surface area contributed by atoms with Crippen LogP contribution in [0.25, 0.3) is 0 Å². The highest BCUT2D eigenvalue weighted by atomic mass is 32.2. The Bertz CT molecular complexity index is 590. The van der Waals surface area contributed by atoms with Gasteiger partial charge >= 0.3 is 6.09 Å². The van der Waals surface area contributed by atoms with E-state index < -0.39 is 11.7 Å². The first-order chi connectivity index (χ1) is 12.8. The number of alkyl halides is 1. The van der Waals surface area contributed by atoms with Crippen molar-refractivity contribution in [2.24, 2.45) is 0 Å². The van der Waals surface area contributed by atoms with E-state index >= 15 is 0 Å². The van der Waals surface area contributed by atoms with Crippen LogP contribution in [0.1, 0.15) is 45.6 Å². The Balaban J connectivity index is 2.67. The fourth-order valence-electron chi connectivity index (χ4n) is 2.41. The molecule has 0 spiro atoms. The van der Waals surface area contributed by atoms with E-state index in [1.165, 1.54) is 0 Å². The molecule has 0 aliphatic heterocycles. The largest absolute Gasteiger partial charge is 0.496 e. The van der Waals surface area contributed by atoms with Crippen LogP contribution in [-0.2, 0) is 11.2 Å². The summed E-state index contributed by atoms with van der Waals surface area (Å²) in [6, 6.07) is 3.90. The number of carbonyl (C=O) groups is 1. The van der Waals surface area contributed by atoms with Crippen LogP contribution in [0.3, 0.4) is 0 Å². The standard InChI is InChI=1S/C20H32FNO4S/c1-20(2,3)26-19(23)22-11-9-15-13-17(25-5)18(14-16(15)24-4)27-12-8-6-7-10-21/h13-14H,6-12H2,1-5H3,(H,22,23). The monoisotopic (exact) mass is 401 g/mol. The summed E-state index contributed by atoms with van der Waals surface area (Å²) in [6.07, 6.45) is 2.62. The Morgan fingerprint density at radius 1 is 1.11 bits per heavy atom. The maximum atomic E-state index is 12.2. The number of benzene rings is 1. The molecule has 1 N–H and O–H groups in total. The van der Waals surface area contributed by atoms with E-state index in [0.717, 1.165) is 40.6 Å². The van der Waals surface area contributed by atoms with Gasteiger partial charge in [-0.15, -0.1) is 11.8 Å². The molecule has 0 unspecified atom stereocenters. The van der Waals surface area contributed by atoms with Crippen LogP contribution in [-0.4, -0.2) is 44.9 Å². The lowest BCUT2D eigenvalue weighted by Gasteiger charge is -2.20. The second kappa shape index (κ2) is 12.0. The molecule has 1 amide bonds. The Morgan fingerprint density at radius 2 is 1.81 bits per heavy atom. The van der Waals surface area contributed by atoms with Crippen LogP contribution in [0.15, 0.2) is 17.0 Å². The van der Waals surface area contributed by atoms with Crippen molar-refractivity contribution in [3.8, 4) is 11.5 Å². The van der Waals surface area contributed by atoms with E-state index in [0.29, 0.717) is 19.4 Å². The number of carbonyl (C=O) groups excluding carboxylic acids is 1. The molecule has 0 aliphatic carbocycles. The second-order valence-electron chi connectivity index (χ2n) is 7.09. The fourth-order valence-corrected chi connectivity index (χ4v) is 3.45. The molecule has 0 aromatic heterocycles. The van der Waals surface area contributed by atoms with Gasteiger partial charge in [0, 0.05) is 6.54 Å². The molecule has 0 aliphatic rings. The molecule has 1 aromatic carbocycles. The van der Waals surface area contributed by atoms with E-state index in [4.69, 9.17) is 14.2 Å². The molecule has 0 radical (unpaired) electrons. The van der Waals surface area contributed by atoms with E-state index in [2.05, 4.69) is 5.32 Å². The molecule has 154 valence electrons. The number of halogens is 1. The normalized spacial score (nSPS) is 11.2. The lowest BCUT2D eigenvalue weighted by molar-refractivity contribution is 0.0528. The lowest BCUT2D eigenvalue weighted by atomic mass is 10.1. The van der Waals surface area contributed by atoms with E-state index in [1.807, 2.05) is 32.9 Å². The summed E-state index contributed by atoms with van der Waals surface area (Å²) in [7, 11) is 3.26. The highest BCUT2D eigenvalue weighted by molar-refractivity contribution is 7.99. The minimum Gasteiger partial charge on any atom is -0.496 e. The minimum absolute atomic E-state index is 0.256. The van der Waals surface area contributed by atoms with Crippen LogP contribution in [0.4, 0.5) is 9.18 Å². The molecule has 7 heteroatoms. The molecular formula is C20H32FNO4S. The number of methoxy groups -OCH3 is 2. The van der Waals surface area contributed by atoms with Gasteiger partial charge in [0.1, 0.15) is 17.1 Å². The Hall–Kier alpha value is -1.63. The molecule has 1 rings (SSSR count). The summed E-state index contributed by atoms with van der Waals surface area (Å²) in [5.74, 6) is 2.44. The molecule has 5 nitrogen and oxygen atoms in total. The molecule has 0 bridgehead atoms. The lowest BCUT2D eigenvalue weighted by Crippen LogP contribution is -2.33. The first-order valence-corrected chi connectivity index (χ1v) is 10.2. The summed E-state index contributed by atoms with van der Waals surface area (Å²) in [5.41, 5.74) is 0.431. The number of nitrogens with one attached hydrogen (secondary N) is 1. The van der Waals surface area contributed by atoms with Gasteiger partial charge in [0.25, 0.3) is 0 Å². The minimum atomic E-state index is -0.520. The summed E-state index contributed by atoms with van der Waals surface area (Å²) >= 11 is 1.68. The van der Waals surface area contributed by atoms with Gasteiger partial charge in [-0.25, -0.2) is 4.79 Å². The highest BCUT2D eigenvalue weighted by Crippen LogP contribution is 2.36. The Kier molecular flexibility index (Phi) is 10.4. The topological polar surface area (TPSA) is 56.8 Å². The molecule has 1 aromatic rings. The fraction of sp³-hybridized carbons (Fsp3) is 0.650. The maximum Gasteiger partial charge on any atom is 0.407 e. The molecule has 0 atom stereocenters. The van der Waals surface area contributed by atoms with Crippen molar-refractivity contribution in [1.29, 1.82) is 0 Å². The SMILES string of the molecule is COc1cc(SCCCCCF)c(OC)cc1CCNC(=O)OC(C)(C)C. The third-order valence-corrected chi connectivity index (χ3v) is 4.79. The number of rotatable bonds is 11. The molecule has 27 heavy (non-hydrogen) atoms. The van der Waals surface area contributed by atoms with Gasteiger partial charge < -0.3 is 19.5 Å². The van der Waals surface area contributed by atoms with E-state index in [1.54, 1.807) is 26.0 Å². The van der Waals surface area contributed by atoms with Crippen LogP contribution in [0.5, 0.6) is 11.5 Å². The number of ether oxygens (including phenoxy) is 3. The first-order valence-electron chi connectivity index (χ1n) is 9.21. The average Bonchev–Trinajstić information content (AvgIpc) is 2.60. The number of amides is 1. The van der Waals surface area contributed by atoms with Gasteiger partial charge in [-0.1, -0.05) is 6.42 Å². The van der Waals surface area contributed by atoms with E-state index in [9.17, 15) is 9.18 Å². The number of hydrogen-bond acceptors (Lipinski definition) is 5. The third-order valence-electron chi connectivity index (χ3n) is 3.66. The van der Waals surface area contributed by atoms with Gasteiger partial charge in [0.15, 0.2) is 0 Å². The quantitative estimate of drug-likeness (QED) is 0.418. The van der Waals surface area contributed by atoms with Crippen molar-refractivity contribution < 1.29 is 23.4 Å². The predicted molar refractivity (Wildman–Crippen MR) is 108 cm³/mol. The third kappa shape index (κ3) is 9.22. The van der Waals surface area contributed by atoms with Crippen molar-refractivity contribution in [3.63, 3.8) is 0 Å². The summed E-state index contributed by atoms with van der Waals surface area (Å²) in [5, 5.41) is 2.75. The zero-order chi connectivity index (χ0) is 20.3. The van der Waals surface area contributed by atoms with Crippen molar-refractivity contribution in [1.82, 2.24) is 5.32 Å². The van der Waals surface area contributed by atoms with Gasteiger partial charge in [0.2, 0.25) is 0 Å². The maximum absolute atomic E-state index is 12.2. The van der Waals surface area contributed by atoms with Crippen molar-refractivity contribution in [3.05, 3.63) is 17.7 Å². The van der Waals surface area contributed by atoms with Gasteiger partial charge in [0.05, 0.1) is 25.8 Å². The molecule has 0 heterocycles. The zero-order valence-electron chi connectivity index (χ0n) is 17.0. The van der Waals surface area contributed by atoms with Crippen LogP contribution < -0.4 is 14.8 Å². The molecule has 0 saturated carbocycles. The molecule has 0 saturated heterocycles. The first kappa shape index (κ1) is 23.4. The smallest absolute Gasteiger partial charge is 0.407 e. The van der Waals surface area contributed by atoms with Crippen LogP contribution in [0, 0.1) is 0 Å². The zero-order valence-corrected chi connectivity index (χ0v) is 17.8. The van der Waals surface area contributed by atoms with Gasteiger partial charge in [-0.2, -0.15) is 0 Å². The summed E-state index contributed by atoms with van der Waals surface area (Å²) in [4.78, 5) is 12.8. The van der Waals surface area contributed by atoms with E-state index in [-0.39, 0.29) is 6.67 Å². The number of alkyl carbamates (subject to hydrolysis) is 1. The number of unbranched alkanes of at least 4 members (excludes halogenated alkanes) is 2. The van der Waals surface area contributed by atoms with Crippen molar-refractivity contribution >= 4 is 17.9 Å². The van der Waals surface area contributed by atoms with Crippen molar-refractivity contribution in [2.45, 2.75) is 57.0 Å². The van der Waals surface area contributed by atoms with Gasteiger partial charge in [-0.3, -0.25) is 4.39 Å². The predicted octanol–water partition coefficient (Wildman–Crippen LogP) is 5.00. The highest BCUT2D eigenvalue weighted by Gasteiger charge is 2.16. The van der Waals surface area contributed by atoms with Gasteiger partial charge in [-0.05, 0) is 63.5 Å². The summed E-state index contributed by atoms with van der Waals surface area (Å²) < 4.78 is 28.4. The Morgan fingerprint density at radius 3 is 2.41 bits per heavy atom. The average molecular weight is 402 g/mol. The molecule has 0 fully saturated rings.